The number of amides is 1. The molecule has 25 heavy (non-hydrogen) atoms. The number of nitrogens with one attached hydrogen (secondary N) is 1. The smallest absolute Gasteiger partial charge is 0.330 e. The van der Waals surface area contributed by atoms with Crippen LogP contribution in [0.1, 0.15) is 11.1 Å². The third-order valence-corrected chi connectivity index (χ3v) is 3.76. The van der Waals surface area contributed by atoms with Gasteiger partial charge in [-0.25, -0.2) is 4.79 Å². The van der Waals surface area contributed by atoms with Gasteiger partial charge in [-0.15, -0.1) is 0 Å². The highest BCUT2D eigenvalue weighted by Crippen LogP contribution is 2.11. The first kappa shape index (κ1) is 18.3. The Hall–Kier alpha value is -3.09. The fourth-order valence-corrected chi connectivity index (χ4v) is 2.30. The summed E-state index contributed by atoms with van der Waals surface area (Å²) in [4.78, 5) is 35.4. The minimum atomic E-state index is -0.439. The van der Waals surface area contributed by atoms with E-state index in [9.17, 15) is 14.4 Å². The number of benzene rings is 1. The number of aryl methyl sites for hydroxylation is 1. The van der Waals surface area contributed by atoms with Crippen LogP contribution in [0.3, 0.4) is 0 Å². The van der Waals surface area contributed by atoms with E-state index in [1.807, 2.05) is 24.3 Å². The second-order valence-electron chi connectivity index (χ2n) is 5.56. The van der Waals surface area contributed by atoms with Gasteiger partial charge >= 0.3 is 5.69 Å². The number of aromatic nitrogens is 2. The van der Waals surface area contributed by atoms with Gasteiger partial charge in [0.15, 0.2) is 0 Å². The van der Waals surface area contributed by atoms with E-state index in [2.05, 4.69) is 5.32 Å². The predicted molar refractivity (Wildman–Crippen MR) is 95.7 cm³/mol. The number of ether oxygens (including phenoxy) is 1. The largest absolute Gasteiger partial charge is 0.497 e. The molecule has 1 aromatic heterocycles. The summed E-state index contributed by atoms with van der Waals surface area (Å²) in [6.07, 6.45) is 4.79. The third kappa shape index (κ3) is 4.69. The predicted octanol–water partition coefficient (Wildman–Crippen LogP) is 0.465. The Morgan fingerprint density at radius 3 is 2.52 bits per heavy atom. The molecule has 132 valence electrons. The van der Waals surface area contributed by atoms with Crippen molar-refractivity contribution >= 4 is 12.0 Å². The second kappa shape index (κ2) is 8.14. The number of methoxy groups -OCH3 is 1. The number of hydrogen-bond acceptors (Lipinski definition) is 4. The second-order valence-corrected chi connectivity index (χ2v) is 5.56. The standard InChI is InChI=1S/C18H21N3O4/c1-20-12-14(17(23)21(2)18(20)24)6-9-16(22)19-11-10-13-4-7-15(25-3)8-5-13/h4-9,12H,10-11H2,1-3H3,(H,19,22)/b9-6+. The van der Waals surface area contributed by atoms with Crippen LogP contribution in [0, 0.1) is 0 Å². The molecule has 0 aliphatic rings. The summed E-state index contributed by atoms with van der Waals surface area (Å²) in [7, 11) is 4.56. The van der Waals surface area contributed by atoms with Crippen molar-refractivity contribution in [2.24, 2.45) is 14.1 Å². The first-order valence-electron chi connectivity index (χ1n) is 7.78. The molecule has 0 unspecified atom stereocenters. The van der Waals surface area contributed by atoms with Crippen LogP contribution in [0.5, 0.6) is 5.75 Å². The van der Waals surface area contributed by atoms with Crippen LogP contribution in [0.15, 0.2) is 46.1 Å². The normalized spacial score (nSPS) is 10.8. The van der Waals surface area contributed by atoms with Gasteiger partial charge in [0.1, 0.15) is 5.75 Å². The van der Waals surface area contributed by atoms with Gasteiger partial charge < -0.3 is 14.6 Å². The lowest BCUT2D eigenvalue weighted by molar-refractivity contribution is -0.116. The first-order chi connectivity index (χ1) is 11.9. The fraction of sp³-hybridized carbons (Fsp3) is 0.278. The van der Waals surface area contributed by atoms with Crippen molar-refractivity contribution in [2.45, 2.75) is 6.42 Å². The lowest BCUT2D eigenvalue weighted by atomic mass is 10.1. The lowest BCUT2D eigenvalue weighted by Crippen LogP contribution is -2.37. The van der Waals surface area contributed by atoms with E-state index in [0.717, 1.165) is 15.9 Å². The minimum Gasteiger partial charge on any atom is -0.497 e. The highest BCUT2D eigenvalue weighted by atomic mass is 16.5. The van der Waals surface area contributed by atoms with E-state index in [1.54, 1.807) is 14.2 Å². The van der Waals surface area contributed by atoms with Crippen molar-refractivity contribution in [1.82, 2.24) is 14.5 Å². The SMILES string of the molecule is COc1ccc(CCNC(=O)/C=C/c2cn(C)c(=O)n(C)c2=O)cc1. The molecule has 1 N–H and O–H groups in total. The Kier molecular flexibility index (Phi) is 5.94. The summed E-state index contributed by atoms with van der Waals surface area (Å²) in [6, 6.07) is 7.61. The Morgan fingerprint density at radius 1 is 1.20 bits per heavy atom. The number of nitrogens with zero attached hydrogens (tertiary/aromatic N) is 2. The molecular weight excluding hydrogens is 322 g/mol. The molecule has 2 aromatic rings. The summed E-state index contributed by atoms with van der Waals surface area (Å²) < 4.78 is 7.39. The van der Waals surface area contributed by atoms with E-state index in [-0.39, 0.29) is 11.5 Å². The van der Waals surface area contributed by atoms with E-state index in [0.29, 0.717) is 13.0 Å². The van der Waals surface area contributed by atoms with Crippen LogP contribution in [-0.2, 0) is 25.3 Å². The van der Waals surface area contributed by atoms with E-state index >= 15 is 0 Å². The topological polar surface area (TPSA) is 82.3 Å². The van der Waals surface area contributed by atoms with Gasteiger partial charge in [-0.3, -0.25) is 14.2 Å². The molecule has 0 bridgehead atoms. The molecule has 7 nitrogen and oxygen atoms in total. The van der Waals surface area contributed by atoms with Gasteiger partial charge in [0.05, 0.1) is 12.7 Å². The monoisotopic (exact) mass is 343 g/mol. The van der Waals surface area contributed by atoms with Gasteiger partial charge in [-0.05, 0) is 30.2 Å². The van der Waals surface area contributed by atoms with Crippen molar-refractivity contribution < 1.29 is 9.53 Å². The van der Waals surface area contributed by atoms with E-state index in [4.69, 9.17) is 4.74 Å². The quantitative estimate of drug-likeness (QED) is 0.773. The Bertz CT molecular complexity index is 892. The van der Waals surface area contributed by atoms with Crippen LogP contribution in [0.4, 0.5) is 0 Å². The summed E-state index contributed by atoms with van der Waals surface area (Å²) >= 11 is 0. The molecule has 2 rings (SSSR count). The molecule has 7 heteroatoms. The van der Waals surface area contributed by atoms with E-state index in [1.165, 1.54) is 30.0 Å². The number of hydrogen-bond donors (Lipinski definition) is 1. The maximum atomic E-state index is 12.0. The Balaban J connectivity index is 1.93. The fourth-order valence-electron chi connectivity index (χ4n) is 2.30. The van der Waals surface area contributed by atoms with Gasteiger partial charge in [-0.2, -0.15) is 0 Å². The zero-order valence-corrected chi connectivity index (χ0v) is 14.5. The van der Waals surface area contributed by atoms with Crippen molar-refractivity contribution in [3.8, 4) is 5.75 Å². The first-order valence-corrected chi connectivity index (χ1v) is 7.78. The summed E-state index contributed by atoms with van der Waals surface area (Å²) in [6.45, 7) is 0.473. The van der Waals surface area contributed by atoms with Crippen molar-refractivity contribution in [2.75, 3.05) is 13.7 Å². The molecule has 0 atom stereocenters. The zero-order valence-electron chi connectivity index (χ0n) is 14.5. The van der Waals surface area contributed by atoms with Crippen molar-refractivity contribution in [1.29, 1.82) is 0 Å². The Labute approximate surface area is 145 Å². The Morgan fingerprint density at radius 2 is 1.88 bits per heavy atom. The molecule has 1 amide bonds. The highest BCUT2D eigenvalue weighted by Gasteiger charge is 2.04. The zero-order chi connectivity index (χ0) is 18.4. The van der Waals surface area contributed by atoms with Crippen LogP contribution < -0.4 is 21.3 Å². The van der Waals surface area contributed by atoms with Crippen LogP contribution in [-0.4, -0.2) is 28.7 Å². The molecule has 1 aromatic carbocycles. The molecule has 0 fully saturated rings. The van der Waals surface area contributed by atoms with E-state index < -0.39 is 11.2 Å². The molecular formula is C18H21N3O4. The maximum Gasteiger partial charge on any atom is 0.330 e. The van der Waals surface area contributed by atoms with Crippen LogP contribution >= 0.6 is 0 Å². The van der Waals surface area contributed by atoms with Crippen LogP contribution in [0.25, 0.3) is 6.08 Å². The molecule has 0 saturated heterocycles. The molecule has 1 heterocycles. The highest BCUT2D eigenvalue weighted by molar-refractivity contribution is 5.91. The summed E-state index contributed by atoms with van der Waals surface area (Å²) in [5, 5.41) is 2.76. The number of carbonyl (C=O) groups excluding carboxylic acids is 1. The lowest BCUT2D eigenvalue weighted by Gasteiger charge is -2.05. The van der Waals surface area contributed by atoms with Gasteiger partial charge in [0.25, 0.3) is 5.56 Å². The van der Waals surface area contributed by atoms with Gasteiger partial charge in [0.2, 0.25) is 5.91 Å². The average molecular weight is 343 g/mol. The van der Waals surface area contributed by atoms with Crippen molar-refractivity contribution in [3.63, 3.8) is 0 Å². The minimum absolute atomic E-state index is 0.273. The molecule has 0 aliphatic carbocycles. The van der Waals surface area contributed by atoms with Crippen molar-refractivity contribution in [3.05, 3.63) is 68.5 Å². The third-order valence-electron chi connectivity index (χ3n) is 3.76. The molecule has 0 radical (unpaired) electrons. The summed E-state index contributed by atoms with van der Waals surface area (Å²) in [5.41, 5.74) is 0.503. The van der Waals surface area contributed by atoms with Gasteiger partial charge in [-0.1, -0.05) is 12.1 Å². The molecule has 0 spiro atoms. The van der Waals surface area contributed by atoms with Gasteiger partial charge in [0, 0.05) is 32.9 Å². The molecule has 0 aliphatic heterocycles. The maximum absolute atomic E-state index is 12.0. The number of carbonyl (C=O) groups is 1. The number of rotatable bonds is 6. The van der Waals surface area contributed by atoms with Crippen LogP contribution in [0.2, 0.25) is 0 Å². The average Bonchev–Trinajstić information content (AvgIpc) is 2.62. The summed E-state index contributed by atoms with van der Waals surface area (Å²) in [5.74, 6) is 0.485. The molecule has 0 saturated carbocycles.